The second-order valence-corrected chi connectivity index (χ2v) is 4.64. The number of rotatable bonds is 7. The molecule has 6 heteroatoms. The van der Waals surface area contributed by atoms with E-state index in [2.05, 4.69) is 15.4 Å². The quantitative estimate of drug-likeness (QED) is 0.754. The third kappa shape index (κ3) is 5.08. The van der Waals surface area contributed by atoms with Crippen LogP contribution in [0.1, 0.15) is 18.9 Å². The predicted octanol–water partition coefficient (Wildman–Crippen LogP) is 2.16. The molecule has 0 heterocycles. The number of hydrogen-bond donors (Lipinski definition) is 2. The van der Waals surface area contributed by atoms with E-state index >= 15 is 0 Å². The molecule has 0 aliphatic rings. The standard InChI is InChI=1S/C14H18ClN3O2/c1-3-17-9-12(7-14(19)20-2)18-11-5-4-10(8-16)13(15)6-11/h4-6,12,17-18H,3,7,9H2,1-2H3/t12-/m0/s1. The highest BCUT2D eigenvalue weighted by Crippen LogP contribution is 2.21. The van der Waals surface area contributed by atoms with Crippen molar-refractivity contribution in [1.29, 1.82) is 5.26 Å². The fourth-order valence-corrected chi connectivity index (χ4v) is 1.93. The van der Waals surface area contributed by atoms with Gasteiger partial charge in [-0.1, -0.05) is 18.5 Å². The van der Waals surface area contributed by atoms with Gasteiger partial charge in [-0.05, 0) is 24.7 Å². The molecule has 0 unspecified atom stereocenters. The minimum atomic E-state index is -0.278. The molecule has 0 amide bonds. The Morgan fingerprint density at radius 2 is 2.30 bits per heavy atom. The summed E-state index contributed by atoms with van der Waals surface area (Å²) in [4.78, 5) is 11.4. The minimum absolute atomic E-state index is 0.105. The number of esters is 1. The van der Waals surface area contributed by atoms with Gasteiger partial charge in [0, 0.05) is 18.3 Å². The topological polar surface area (TPSA) is 74.2 Å². The Morgan fingerprint density at radius 1 is 1.55 bits per heavy atom. The highest BCUT2D eigenvalue weighted by Gasteiger charge is 2.14. The molecular formula is C14H18ClN3O2. The molecule has 0 aliphatic heterocycles. The molecule has 108 valence electrons. The highest BCUT2D eigenvalue weighted by atomic mass is 35.5. The van der Waals surface area contributed by atoms with Gasteiger partial charge >= 0.3 is 5.97 Å². The van der Waals surface area contributed by atoms with Crippen molar-refractivity contribution in [1.82, 2.24) is 5.32 Å². The highest BCUT2D eigenvalue weighted by molar-refractivity contribution is 6.32. The third-order valence-electron chi connectivity index (χ3n) is 2.74. The van der Waals surface area contributed by atoms with Crippen LogP contribution in [-0.4, -0.2) is 32.2 Å². The van der Waals surface area contributed by atoms with Crippen LogP contribution in [-0.2, 0) is 9.53 Å². The lowest BCUT2D eigenvalue weighted by molar-refractivity contribution is -0.140. The van der Waals surface area contributed by atoms with Crippen LogP contribution in [0.2, 0.25) is 5.02 Å². The maximum absolute atomic E-state index is 11.4. The van der Waals surface area contributed by atoms with Gasteiger partial charge in [-0.3, -0.25) is 4.79 Å². The van der Waals surface area contributed by atoms with Crippen LogP contribution in [0.3, 0.4) is 0 Å². The van der Waals surface area contributed by atoms with Crippen molar-refractivity contribution in [3.63, 3.8) is 0 Å². The summed E-state index contributed by atoms with van der Waals surface area (Å²) in [5.41, 5.74) is 1.19. The molecule has 0 aliphatic carbocycles. The summed E-state index contributed by atoms with van der Waals surface area (Å²) in [5.74, 6) is -0.278. The average molecular weight is 296 g/mol. The van der Waals surface area contributed by atoms with E-state index in [1.165, 1.54) is 7.11 Å². The summed E-state index contributed by atoms with van der Waals surface area (Å²) in [5, 5.41) is 15.6. The fraction of sp³-hybridized carbons (Fsp3) is 0.429. The Balaban J connectivity index is 2.75. The monoisotopic (exact) mass is 295 g/mol. The zero-order valence-corrected chi connectivity index (χ0v) is 12.3. The SMILES string of the molecule is CCNC[C@H](CC(=O)OC)Nc1ccc(C#N)c(Cl)c1. The minimum Gasteiger partial charge on any atom is -0.469 e. The normalized spacial score (nSPS) is 11.5. The Morgan fingerprint density at radius 3 is 2.85 bits per heavy atom. The van der Waals surface area contributed by atoms with Gasteiger partial charge in [0.15, 0.2) is 0 Å². The maximum Gasteiger partial charge on any atom is 0.307 e. The molecule has 0 aromatic heterocycles. The number of nitriles is 1. The van der Waals surface area contributed by atoms with Gasteiger partial charge in [-0.25, -0.2) is 0 Å². The molecule has 0 radical (unpaired) electrons. The van der Waals surface area contributed by atoms with E-state index in [4.69, 9.17) is 16.9 Å². The Kier molecular flexibility index (Phi) is 6.85. The van der Waals surface area contributed by atoms with E-state index in [-0.39, 0.29) is 18.4 Å². The molecule has 0 saturated carbocycles. The number of ether oxygens (including phenoxy) is 1. The van der Waals surface area contributed by atoms with E-state index in [9.17, 15) is 4.79 Å². The number of nitrogens with one attached hydrogen (secondary N) is 2. The molecule has 5 nitrogen and oxygen atoms in total. The molecule has 2 N–H and O–H groups in total. The second kappa shape index (κ2) is 8.41. The Hall–Kier alpha value is -1.77. The number of anilines is 1. The number of nitrogens with zero attached hydrogens (tertiary/aromatic N) is 1. The first kappa shape index (κ1) is 16.3. The summed E-state index contributed by atoms with van der Waals surface area (Å²) < 4.78 is 4.68. The number of likely N-dealkylation sites (N-methyl/N-ethyl adjacent to an activating group) is 1. The summed E-state index contributed by atoms with van der Waals surface area (Å²) in [6.07, 6.45) is 0.251. The average Bonchev–Trinajstić information content (AvgIpc) is 2.44. The molecule has 1 atom stereocenters. The van der Waals surface area contributed by atoms with Crippen molar-refractivity contribution in [3.8, 4) is 6.07 Å². The van der Waals surface area contributed by atoms with Crippen molar-refractivity contribution >= 4 is 23.3 Å². The van der Waals surface area contributed by atoms with Gasteiger partial charge in [-0.15, -0.1) is 0 Å². The first-order valence-corrected chi connectivity index (χ1v) is 6.72. The van der Waals surface area contributed by atoms with Gasteiger partial charge < -0.3 is 15.4 Å². The van der Waals surface area contributed by atoms with Crippen molar-refractivity contribution in [2.75, 3.05) is 25.5 Å². The van der Waals surface area contributed by atoms with Crippen molar-refractivity contribution < 1.29 is 9.53 Å². The van der Waals surface area contributed by atoms with Gasteiger partial charge in [0.2, 0.25) is 0 Å². The smallest absolute Gasteiger partial charge is 0.307 e. The number of benzene rings is 1. The second-order valence-electron chi connectivity index (χ2n) is 4.24. The number of methoxy groups -OCH3 is 1. The van der Waals surface area contributed by atoms with Crippen LogP contribution >= 0.6 is 11.6 Å². The molecule has 0 spiro atoms. The Labute approximate surface area is 123 Å². The summed E-state index contributed by atoms with van der Waals surface area (Å²) in [6, 6.07) is 6.99. The zero-order chi connectivity index (χ0) is 15.0. The number of halogens is 1. The molecule has 0 bridgehead atoms. The van der Waals surface area contributed by atoms with Crippen LogP contribution in [0.5, 0.6) is 0 Å². The lowest BCUT2D eigenvalue weighted by Gasteiger charge is -2.19. The first-order chi connectivity index (χ1) is 9.60. The van der Waals surface area contributed by atoms with Crippen LogP contribution in [0, 0.1) is 11.3 Å². The first-order valence-electron chi connectivity index (χ1n) is 6.34. The number of hydrogen-bond acceptors (Lipinski definition) is 5. The molecule has 0 fully saturated rings. The summed E-state index contributed by atoms with van der Waals surface area (Å²) in [7, 11) is 1.37. The summed E-state index contributed by atoms with van der Waals surface area (Å²) >= 11 is 5.98. The van der Waals surface area contributed by atoms with E-state index in [1.54, 1.807) is 18.2 Å². The van der Waals surface area contributed by atoms with Crippen molar-refractivity contribution in [3.05, 3.63) is 28.8 Å². The predicted molar refractivity (Wildman–Crippen MR) is 78.8 cm³/mol. The van der Waals surface area contributed by atoms with E-state index in [0.717, 1.165) is 12.2 Å². The molecule has 0 saturated heterocycles. The van der Waals surface area contributed by atoms with E-state index in [0.29, 0.717) is 17.1 Å². The lowest BCUT2D eigenvalue weighted by Crippen LogP contribution is -2.35. The van der Waals surface area contributed by atoms with Gasteiger partial charge in [0.25, 0.3) is 0 Å². The number of carbonyl (C=O) groups excluding carboxylic acids is 1. The molecular weight excluding hydrogens is 278 g/mol. The van der Waals surface area contributed by atoms with Crippen LogP contribution in [0.15, 0.2) is 18.2 Å². The maximum atomic E-state index is 11.4. The Bertz CT molecular complexity index is 500. The third-order valence-corrected chi connectivity index (χ3v) is 3.05. The van der Waals surface area contributed by atoms with E-state index in [1.807, 2.05) is 13.0 Å². The lowest BCUT2D eigenvalue weighted by atomic mass is 10.1. The van der Waals surface area contributed by atoms with Gasteiger partial charge in [-0.2, -0.15) is 5.26 Å². The fourth-order valence-electron chi connectivity index (χ4n) is 1.71. The van der Waals surface area contributed by atoms with Gasteiger partial charge in [0.1, 0.15) is 6.07 Å². The zero-order valence-electron chi connectivity index (χ0n) is 11.6. The number of carbonyl (C=O) groups is 1. The van der Waals surface area contributed by atoms with Crippen LogP contribution in [0.4, 0.5) is 5.69 Å². The molecule has 1 rings (SSSR count). The molecule has 1 aromatic carbocycles. The molecule has 20 heavy (non-hydrogen) atoms. The van der Waals surface area contributed by atoms with Crippen LogP contribution < -0.4 is 10.6 Å². The van der Waals surface area contributed by atoms with Gasteiger partial charge in [0.05, 0.1) is 24.1 Å². The van der Waals surface area contributed by atoms with Crippen molar-refractivity contribution in [2.45, 2.75) is 19.4 Å². The van der Waals surface area contributed by atoms with E-state index < -0.39 is 0 Å². The summed E-state index contributed by atoms with van der Waals surface area (Å²) in [6.45, 7) is 3.44. The largest absolute Gasteiger partial charge is 0.469 e. The van der Waals surface area contributed by atoms with Crippen molar-refractivity contribution in [2.24, 2.45) is 0 Å². The van der Waals surface area contributed by atoms with Crippen LogP contribution in [0.25, 0.3) is 0 Å². The molecule has 1 aromatic rings.